The van der Waals surface area contributed by atoms with Crippen molar-refractivity contribution in [3.05, 3.63) is 29.8 Å². The summed E-state index contributed by atoms with van der Waals surface area (Å²) in [5, 5.41) is 7.07. The number of nitrogens with one attached hydrogen (secondary N) is 2. The van der Waals surface area contributed by atoms with E-state index in [0.717, 1.165) is 30.6 Å². The quantitative estimate of drug-likeness (QED) is 0.869. The van der Waals surface area contributed by atoms with Crippen LogP contribution < -0.4 is 10.6 Å². The third kappa shape index (κ3) is 3.90. The molecule has 0 aromatic heterocycles. The summed E-state index contributed by atoms with van der Waals surface area (Å²) in [6.07, 6.45) is 5.56. The lowest BCUT2D eigenvalue weighted by atomic mass is 10.1. The molecule has 1 fully saturated rings. The van der Waals surface area contributed by atoms with E-state index >= 15 is 0 Å². The van der Waals surface area contributed by atoms with Crippen LogP contribution in [-0.4, -0.2) is 30.0 Å². The standard InChI is InChI=1S/C15H22N2OS/c1-3-16-12-6-4-11(5-7-12)15(18)17-13-8-9-14(10-13)19-2/h4-7,13-14,16H,3,8-10H2,1-2H3,(H,17,18). The van der Waals surface area contributed by atoms with E-state index in [4.69, 9.17) is 0 Å². The first-order valence-electron chi connectivity index (χ1n) is 6.90. The molecule has 1 aromatic carbocycles. The Morgan fingerprint density at radius 3 is 2.63 bits per heavy atom. The van der Waals surface area contributed by atoms with Gasteiger partial charge in [-0.1, -0.05) is 0 Å². The van der Waals surface area contributed by atoms with Crippen molar-refractivity contribution >= 4 is 23.4 Å². The normalized spacial score (nSPS) is 22.2. The van der Waals surface area contributed by atoms with Crippen molar-refractivity contribution in [2.75, 3.05) is 18.1 Å². The van der Waals surface area contributed by atoms with E-state index in [2.05, 4.69) is 23.8 Å². The number of benzene rings is 1. The van der Waals surface area contributed by atoms with Crippen LogP contribution in [0.3, 0.4) is 0 Å². The molecule has 0 bridgehead atoms. The van der Waals surface area contributed by atoms with E-state index in [1.165, 1.54) is 6.42 Å². The van der Waals surface area contributed by atoms with Crippen LogP contribution in [0.15, 0.2) is 24.3 Å². The lowest BCUT2D eigenvalue weighted by Gasteiger charge is -2.13. The highest BCUT2D eigenvalue weighted by molar-refractivity contribution is 7.99. The van der Waals surface area contributed by atoms with Gasteiger partial charge in [0.15, 0.2) is 0 Å². The van der Waals surface area contributed by atoms with Crippen LogP contribution >= 0.6 is 11.8 Å². The third-order valence-corrected chi connectivity index (χ3v) is 4.68. The molecule has 1 aromatic rings. The van der Waals surface area contributed by atoms with Crippen molar-refractivity contribution in [1.82, 2.24) is 5.32 Å². The number of thioether (sulfide) groups is 1. The molecule has 2 atom stereocenters. The van der Waals surface area contributed by atoms with Gasteiger partial charge in [-0.15, -0.1) is 0 Å². The third-order valence-electron chi connectivity index (χ3n) is 3.58. The van der Waals surface area contributed by atoms with Crippen LogP contribution in [-0.2, 0) is 0 Å². The summed E-state index contributed by atoms with van der Waals surface area (Å²) < 4.78 is 0. The maximum absolute atomic E-state index is 12.1. The number of hydrogen-bond donors (Lipinski definition) is 2. The van der Waals surface area contributed by atoms with Gasteiger partial charge in [-0.2, -0.15) is 11.8 Å². The minimum Gasteiger partial charge on any atom is -0.385 e. The molecular weight excluding hydrogens is 256 g/mol. The highest BCUT2D eigenvalue weighted by Gasteiger charge is 2.25. The van der Waals surface area contributed by atoms with Crippen molar-refractivity contribution in [2.24, 2.45) is 0 Å². The molecule has 0 heterocycles. The van der Waals surface area contributed by atoms with Crippen molar-refractivity contribution < 1.29 is 4.79 Å². The fraction of sp³-hybridized carbons (Fsp3) is 0.533. The summed E-state index contributed by atoms with van der Waals surface area (Å²) in [4.78, 5) is 12.1. The van der Waals surface area contributed by atoms with Crippen LogP contribution in [0.25, 0.3) is 0 Å². The van der Waals surface area contributed by atoms with E-state index in [1.807, 2.05) is 36.0 Å². The second kappa shape index (κ2) is 6.85. The number of rotatable bonds is 5. The molecule has 19 heavy (non-hydrogen) atoms. The van der Waals surface area contributed by atoms with Gasteiger partial charge in [0, 0.05) is 29.1 Å². The Morgan fingerprint density at radius 1 is 1.32 bits per heavy atom. The predicted molar refractivity (Wildman–Crippen MR) is 83.0 cm³/mol. The molecule has 2 rings (SSSR count). The Labute approximate surface area is 119 Å². The first-order chi connectivity index (χ1) is 9.22. The smallest absolute Gasteiger partial charge is 0.251 e. The van der Waals surface area contributed by atoms with Crippen LogP contribution in [0.2, 0.25) is 0 Å². The zero-order chi connectivity index (χ0) is 13.7. The molecule has 1 aliphatic carbocycles. The molecule has 104 valence electrons. The molecule has 2 N–H and O–H groups in total. The summed E-state index contributed by atoms with van der Waals surface area (Å²) in [6, 6.07) is 8.02. The molecule has 4 heteroatoms. The predicted octanol–water partition coefficient (Wildman–Crippen LogP) is 3.13. The Bertz CT molecular complexity index is 419. The van der Waals surface area contributed by atoms with Gasteiger partial charge in [0.25, 0.3) is 5.91 Å². The van der Waals surface area contributed by atoms with E-state index in [0.29, 0.717) is 11.3 Å². The minimum atomic E-state index is 0.0507. The van der Waals surface area contributed by atoms with Gasteiger partial charge in [0.05, 0.1) is 0 Å². The van der Waals surface area contributed by atoms with Crippen LogP contribution in [0.4, 0.5) is 5.69 Å². The van der Waals surface area contributed by atoms with E-state index in [9.17, 15) is 4.79 Å². The highest BCUT2D eigenvalue weighted by atomic mass is 32.2. The Hall–Kier alpha value is -1.16. The average molecular weight is 278 g/mol. The first-order valence-corrected chi connectivity index (χ1v) is 8.19. The molecular formula is C15H22N2OS. The van der Waals surface area contributed by atoms with Crippen LogP contribution in [0.1, 0.15) is 36.5 Å². The van der Waals surface area contributed by atoms with Crippen LogP contribution in [0, 0.1) is 0 Å². The Balaban J connectivity index is 1.89. The summed E-state index contributed by atoms with van der Waals surface area (Å²) in [7, 11) is 0. The van der Waals surface area contributed by atoms with Crippen molar-refractivity contribution in [3.63, 3.8) is 0 Å². The zero-order valence-corrected chi connectivity index (χ0v) is 12.4. The number of carbonyl (C=O) groups excluding carboxylic acids is 1. The number of anilines is 1. The van der Waals surface area contributed by atoms with Crippen molar-refractivity contribution in [2.45, 2.75) is 37.5 Å². The fourth-order valence-electron chi connectivity index (χ4n) is 2.50. The van der Waals surface area contributed by atoms with Gasteiger partial charge in [0.1, 0.15) is 0 Å². The summed E-state index contributed by atoms with van der Waals surface area (Å²) in [5.41, 5.74) is 1.80. The first kappa shape index (κ1) is 14.3. The maximum atomic E-state index is 12.1. The Morgan fingerprint density at radius 2 is 2.05 bits per heavy atom. The van der Waals surface area contributed by atoms with Gasteiger partial charge in [0.2, 0.25) is 0 Å². The van der Waals surface area contributed by atoms with E-state index in [-0.39, 0.29) is 5.91 Å². The minimum absolute atomic E-state index is 0.0507. The van der Waals surface area contributed by atoms with Crippen LogP contribution in [0.5, 0.6) is 0 Å². The topological polar surface area (TPSA) is 41.1 Å². The average Bonchev–Trinajstić information content (AvgIpc) is 2.87. The zero-order valence-electron chi connectivity index (χ0n) is 11.6. The molecule has 1 amide bonds. The van der Waals surface area contributed by atoms with Gasteiger partial charge in [-0.25, -0.2) is 0 Å². The monoisotopic (exact) mass is 278 g/mol. The van der Waals surface area contributed by atoms with Crippen molar-refractivity contribution in [3.8, 4) is 0 Å². The van der Waals surface area contributed by atoms with Gasteiger partial charge >= 0.3 is 0 Å². The van der Waals surface area contributed by atoms with Crippen molar-refractivity contribution in [1.29, 1.82) is 0 Å². The molecule has 0 radical (unpaired) electrons. The number of carbonyl (C=O) groups is 1. The van der Waals surface area contributed by atoms with Gasteiger partial charge < -0.3 is 10.6 Å². The summed E-state index contributed by atoms with van der Waals surface area (Å²) in [6.45, 7) is 2.95. The summed E-state index contributed by atoms with van der Waals surface area (Å²) >= 11 is 1.91. The molecule has 0 spiro atoms. The summed E-state index contributed by atoms with van der Waals surface area (Å²) in [5.74, 6) is 0.0507. The number of amides is 1. The number of hydrogen-bond acceptors (Lipinski definition) is 3. The molecule has 0 aliphatic heterocycles. The second-order valence-electron chi connectivity index (χ2n) is 4.95. The molecule has 3 nitrogen and oxygen atoms in total. The van der Waals surface area contributed by atoms with Gasteiger partial charge in [-0.05, 0) is 56.7 Å². The molecule has 1 aliphatic rings. The highest BCUT2D eigenvalue weighted by Crippen LogP contribution is 2.28. The lowest BCUT2D eigenvalue weighted by Crippen LogP contribution is -2.33. The van der Waals surface area contributed by atoms with Gasteiger partial charge in [-0.3, -0.25) is 4.79 Å². The SMILES string of the molecule is CCNc1ccc(C(=O)NC2CCC(SC)C2)cc1. The van der Waals surface area contributed by atoms with E-state index in [1.54, 1.807) is 0 Å². The maximum Gasteiger partial charge on any atom is 0.251 e. The van der Waals surface area contributed by atoms with E-state index < -0.39 is 0 Å². The Kier molecular flexibility index (Phi) is 5.14. The molecule has 2 unspecified atom stereocenters. The fourth-order valence-corrected chi connectivity index (χ4v) is 3.29. The molecule has 1 saturated carbocycles. The molecule has 0 saturated heterocycles. The lowest BCUT2D eigenvalue weighted by molar-refractivity contribution is 0.0938. The largest absolute Gasteiger partial charge is 0.385 e. The second-order valence-corrected chi connectivity index (χ2v) is 6.09.